The second kappa shape index (κ2) is 8.56. The quantitative estimate of drug-likeness (QED) is 0.704. The van der Waals surface area contributed by atoms with Gasteiger partial charge in [-0.05, 0) is 42.3 Å². The van der Waals surface area contributed by atoms with Crippen LogP contribution in [-0.2, 0) is 28.7 Å². The normalized spacial score (nSPS) is 19.6. The summed E-state index contributed by atoms with van der Waals surface area (Å²) in [5.74, 6) is -0.111. The van der Waals surface area contributed by atoms with Crippen molar-refractivity contribution < 1.29 is 22.7 Å². The summed E-state index contributed by atoms with van der Waals surface area (Å²) in [6, 6.07) is 10.6. The maximum Gasteiger partial charge on any atom is 0.416 e. The molecule has 3 rings (SSSR count). The molecule has 0 N–H and O–H groups in total. The number of aromatic nitrogens is 1. The number of hydrogen-bond acceptors (Lipinski definition) is 3. The van der Waals surface area contributed by atoms with E-state index >= 15 is 0 Å². The molecule has 0 aliphatic carbocycles. The topological polar surface area (TPSA) is 42.4 Å². The maximum absolute atomic E-state index is 12.7. The third-order valence-corrected chi connectivity index (χ3v) is 4.81. The molecule has 0 radical (unpaired) electrons. The van der Waals surface area contributed by atoms with Gasteiger partial charge in [-0.15, -0.1) is 0 Å². The van der Waals surface area contributed by atoms with Gasteiger partial charge in [0.1, 0.15) is 0 Å². The van der Waals surface area contributed by atoms with E-state index in [0.29, 0.717) is 25.1 Å². The number of alkyl halides is 3. The Morgan fingerprint density at radius 2 is 1.96 bits per heavy atom. The fourth-order valence-electron chi connectivity index (χ4n) is 3.32. The predicted octanol–water partition coefficient (Wildman–Crippen LogP) is 3.87. The van der Waals surface area contributed by atoms with Crippen molar-refractivity contribution in [3.05, 3.63) is 78.1 Å². The zero-order valence-electron chi connectivity index (χ0n) is 15.2. The van der Waals surface area contributed by atoms with Crippen LogP contribution in [0.4, 0.5) is 13.2 Å². The Labute approximate surface area is 161 Å². The van der Waals surface area contributed by atoms with Crippen molar-refractivity contribution in [3.8, 4) is 0 Å². The summed E-state index contributed by atoms with van der Waals surface area (Å²) in [6.07, 6.45) is -0.942. The first-order valence-corrected chi connectivity index (χ1v) is 8.96. The lowest BCUT2D eigenvalue weighted by atomic mass is 9.99. The van der Waals surface area contributed by atoms with E-state index in [2.05, 4.69) is 11.6 Å². The van der Waals surface area contributed by atoms with Crippen molar-refractivity contribution in [2.45, 2.75) is 25.3 Å². The average molecular weight is 390 g/mol. The summed E-state index contributed by atoms with van der Waals surface area (Å²) in [5, 5.41) is 0. The van der Waals surface area contributed by atoms with Gasteiger partial charge >= 0.3 is 6.18 Å². The van der Waals surface area contributed by atoms with E-state index in [0.717, 1.165) is 17.8 Å². The summed E-state index contributed by atoms with van der Waals surface area (Å²) < 4.78 is 44.0. The van der Waals surface area contributed by atoms with Gasteiger partial charge in [0.25, 0.3) is 0 Å². The Morgan fingerprint density at radius 3 is 2.57 bits per heavy atom. The summed E-state index contributed by atoms with van der Waals surface area (Å²) in [6.45, 7) is 4.65. The smallest absolute Gasteiger partial charge is 0.371 e. The monoisotopic (exact) mass is 390 g/mol. The van der Waals surface area contributed by atoms with Crippen LogP contribution < -0.4 is 0 Å². The number of ether oxygens (including phenoxy) is 1. The highest BCUT2D eigenvalue weighted by molar-refractivity contribution is 5.87. The van der Waals surface area contributed by atoms with Crippen LogP contribution in [0.15, 0.2) is 61.3 Å². The predicted molar refractivity (Wildman–Crippen MR) is 98.2 cm³/mol. The highest BCUT2D eigenvalue weighted by Crippen LogP contribution is 2.29. The molecule has 1 fully saturated rings. The van der Waals surface area contributed by atoms with Crippen LogP contribution in [0.25, 0.3) is 0 Å². The van der Waals surface area contributed by atoms with Gasteiger partial charge in [-0.1, -0.05) is 24.8 Å². The number of hydrogen-bond donors (Lipinski definition) is 0. The standard InChI is InChI=1S/C21H21F3N2O2/c1-2-20(27)26-12-16(11-18-5-3-4-10-25-18)19(13-26)28-14-15-6-8-17(9-7-15)21(22,23)24/h2-10,16,19H,1,11-14H2/t16-,19-/m1/s1. The van der Waals surface area contributed by atoms with Gasteiger partial charge < -0.3 is 9.64 Å². The van der Waals surface area contributed by atoms with Gasteiger partial charge in [-0.3, -0.25) is 9.78 Å². The number of likely N-dealkylation sites (tertiary alicyclic amines) is 1. The van der Waals surface area contributed by atoms with Crippen LogP contribution in [0.3, 0.4) is 0 Å². The summed E-state index contributed by atoms with van der Waals surface area (Å²) in [5.41, 5.74) is 0.870. The molecule has 1 saturated heterocycles. The molecule has 0 saturated carbocycles. The molecule has 1 aliphatic rings. The second-order valence-corrected chi connectivity index (χ2v) is 6.78. The van der Waals surface area contributed by atoms with E-state index in [1.165, 1.54) is 18.2 Å². The van der Waals surface area contributed by atoms with Crippen molar-refractivity contribution in [1.29, 1.82) is 0 Å². The van der Waals surface area contributed by atoms with Crippen LogP contribution >= 0.6 is 0 Å². The highest BCUT2D eigenvalue weighted by atomic mass is 19.4. The minimum atomic E-state index is -4.36. The van der Waals surface area contributed by atoms with E-state index in [9.17, 15) is 18.0 Å². The molecule has 2 aromatic rings. The van der Waals surface area contributed by atoms with Crippen molar-refractivity contribution in [2.24, 2.45) is 5.92 Å². The van der Waals surface area contributed by atoms with E-state index < -0.39 is 11.7 Å². The Kier molecular flexibility index (Phi) is 6.14. The third kappa shape index (κ3) is 4.98. The Bertz CT molecular complexity index is 807. The van der Waals surface area contributed by atoms with Gasteiger partial charge in [0.15, 0.2) is 0 Å². The molecule has 1 aromatic heterocycles. The molecule has 148 valence electrons. The Balaban J connectivity index is 1.66. The van der Waals surface area contributed by atoms with E-state index in [1.54, 1.807) is 11.1 Å². The summed E-state index contributed by atoms with van der Waals surface area (Å²) >= 11 is 0. The van der Waals surface area contributed by atoms with E-state index in [-0.39, 0.29) is 24.5 Å². The summed E-state index contributed by atoms with van der Waals surface area (Å²) in [4.78, 5) is 18.0. The number of benzene rings is 1. The lowest BCUT2D eigenvalue weighted by molar-refractivity contribution is -0.137. The molecule has 28 heavy (non-hydrogen) atoms. The molecule has 0 spiro atoms. The Hall–Kier alpha value is -2.67. The number of amides is 1. The van der Waals surface area contributed by atoms with Crippen molar-refractivity contribution in [1.82, 2.24) is 9.88 Å². The average Bonchev–Trinajstić information content (AvgIpc) is 3.09. The number of carbonyl (C=O) groups is 1. The third-order valence-electron chi connectivity index (χ3n) is 4.81. The molecule has 0 bridgehead atoms. The molecule has 1 amide bonds. The SMILES string of the molecule is C=CC(=O)N1C[C@@H](Cc2ccccn2)[C@H](OCc2ccc(C(F)(F)F)cc2)C1. The first kappa shape index (κ1) is 20.1. The zero-order valence-corrected chi connectivity index (χ0v) is 15.2. The van der Waals surface area contributed by atoms with Crippen LogP contribution in [0.5, 0.6) is 0 Å². The second-order valence-electron chi connectivity index (χ2n) is 6.78. The van der Waals surface area contributed by atoms with Crippen molar-refractivity contribution in [2.75, 3.05) is 13.1 Å². The van der Waals surface area contributed by atoms with Crippen LogP contribution in [-0.4, -0.2) is 35.0 Å². The lowest BCUT2D eigenvalue weighted by Crippen LogP contribution is -2.28. The molecule has 2 atom stereocenters. The number of nitrogens with zero attached hydrogens (tertiary/aromatic N) is 2. The molecule has 4 nitrogen and oxygen atoms in total. The molecule has 2 heterocycles. The largest absolute Gasteiger partial charge is 0.416 e. The van der Waals surface area contributed by atoms with Crippen LogP contribution in [0, 0.1) is 5.92 Å². The number of halogens is 3. The van der Waals surface area contributed by atoms with Crippen molar-refractivity contribution in [3.63, 3.8) is 0 Å². The van der Waals surface area contributed by atoms with Crippen LogP contribution in [0.1, 0.15) is 16.8 Å². The van der Waals surface area contributed by atoms with E-state index in [1.807, 2.05) is 18.2 Å². The molecular formula is C21H21F3N2O2. The molecule has 1 aliphatic heterocycles. The minimum Gasteiger partial charge on any atom is -0.371 e. The van der Waals surface area contributed by atoms with Gasteiger partial charge in [0.05, 0.1) is 18.3 Å². The first-order valence-electron chi connectivity index (χ1n) is 8.96. The van der Waals surface area contributed by atoms with Crippen LogP contribution in [0.2, 0.25) is 0 Å². The molecule has 1 aromatic carbocycles. The zero-order chi connectivity index (χ0) is 20.1. The van der Waals surface area contributed by atoms with E-state index in [4.69, 9.17) is 4.74 Å². The summed E-state index contributed by atoms with van der Waals surface area (Å²) in [7, 11) is 0. The fourth-order valence-corrected chi connectivity index (χ4v) is 3.32. The van der Waals surface area contributed by atoms with Gasteiger partial charge in [0.2, 0.25) is 5.91 Å². The van der Waals surface area contributed by atoms with Crippen molar-refractivity contribution >= 4 is 5.91 Å². The fraction of sp³-hybridized carbons (Fsp3) is 0.333. The van der Waals surface area contributed by atoms with Gasteiger partial charge in [0, 0.05) is 30.9 Å². The molecular weight excluding hydrogens is 369 g/mol. The number of pyridine rings is 1. The number of rotatable bonds is 6. The Morgan fingerprint density at radius 1 is 1.21 bits per heavy atom. The lowest BCUT2D eigenvalue weighted by Gasteiger charge is -2.19. The minimum absolute atomic E-state index is 0.0493. The maximum atomic E-state index is 12.7. The molecule has 0 unspecified atom stereocenters. The molecule has 7 heteroatoms. The van der Waals surface area contributed by atoms with Gasteiger partial charge in [-0.2, -0.15) is 13.2 Å². The highest BCUT2D eigenvalue weighted by Gasteiger charge is 2.35. The first-order chi connectivity index (χ1) is 13.4. The number of carbonyl (C=O) groups excluding carboxylic acids is 1. The van der Waals surface area contributed by atoms with Gasteiger partial charge in [-0.25, -0.2) is 0 Å².